The highest BCUT2D eigenvalue weighted by Crippen LogP contribution is 2.07. The highest BCUT2D eigenvalue weighted by molar-refractivity contribution is 5.77. The van der Waals surface area contributed by atoms with Gasteiger partial charge >= 0.3 is 0 Å². The van der Waals surface area contributed by atoms with Gasteiger partial charge in [0.25, 0.3) is 0 Å². The van der Waals surface area contributed by atoms with E-state index in [0.29, 0.717) is 5.92 Å². The van der Waals surface area contributed by atoms with Gasteiger partial charge in [0.2, 0.25) is 5.91 Å². The van der Waals surface area contributed by atoms with Gasteiger partial charge in [0.1, 0.15) is 0 Å². The fraction of sp³-hybridized carbons (Fsp3) is 0.875. The van der Waals surface area contributed by atoms with Gasteiger partial charge in [-0.25, -0.2) is 0 Å². The molecule has 0 aromatic carbocycles. The van der Waals surface area contributed by atoms with Crippen LogP contribution in [0, 0.1) is 11.8 Å². The lowest BCUT2D eigenvalue weighted by molar-refractivity contribution is -0.125. The van der Waals surface area contributed by atoms with Crippen LogP contribution < -0.4 is 5.32 Å². The largest absolute Gasteiger partial charge is 0.381 e. The molecule has 0 atom stereocenters. The Balaban J connectivity index is 2.06. The molecule has 1 heterocycles. The van der Waals surface area contributed by atoms with Crippen molar-refractivity contribution in [1.29, 1.82) is 0 Å². The molecule has 0 radical (unpaired) electrons. The summed E-state index contributed by atoms with van der Waals surface area (Å²) in [5.41, 5.74) is 0. The predicted molar refractivity (Wildman–Crippen MR) is 42.2 cm³/mol. The number of hydrogen-bond donors (Lipinski definition) is 1. The zero-order valence-corrected chi connectivity index (χ0v) is 7.09. The summed E-state index contributed by atoms with van der Waals surface area (Å²) in [7, 11) is 0. The standard InChI is InChI=1S/C8H15NO2/c1-6(2)8(10)9-3-7-4-11-5-7/h6-7H,3-5H2,1-2H3,(H,9,10). The van der Waals surface area contributed by atoms with Crippen LogP contribution in [-0.2, 0) is 9.53 Å². The maximum atomic E-state index is 11.0. The van der Waals surface area contributed by atoms with Crippen molar-refractivity contribution in [2.45, 2.75) is 13.8 Å². The first-order chi connectivity index (χ1) is 5.20. The summed E-state index contributed by atoms with van der Waals surface area (Å²) in [5.74, 6) is 0.783. The maximum absolute atomic E-state index is 11.0. The molecule has 0 aromatic heterocycles. The van der Waals surface area contributed by atoms with E-state index >= 15 is 0 Å². The Morgan fingerprint density at radius 2 is 2.27 bits per heavy atom. The van der Waals surface area contributed by atoms with Crippen LogP contribution in [0.1, 0.15) is 13.8 Å². The van der Waals surface area contributed by atoms with Crippen molar-refractivity contribution in [2.24, 2.45) is 11.8 Å². The normalized spacial score (nSPS) is 18.1. The molecule has 0 unspecified atom stereocenters. The third-order valence-electron chi connectivity index (χ3n) is 1.80. The SMILES string of the molecule is CC(C)C(=O)NCC1COC1. The minimum atomic E-state index is 0.0935. The first-order valence-electron chi connectivity index (χ1n) is 4.05. The third kappa shape index (κ3) is 2.50. The van der Waals surface area contributed by atoms with Crippen molar-refractivity contribution in [3.8, 4) is 0 Å². The summed E-state index contributed by atoms with van der Waals surface area (Å²) in [6, 6.07) is 0. The lowest BCUT2D eigenvalue weighted by atomic mass is 10.1. The van der Waals surface area contributed by atoms with Crippen LogP contribution >= 0.6 is 0 Å². The van der Waals surface area contributed by atoms with Gasteiger partial charge in [-0.05, 0) is 0 Å². The van der Waals surface area contributed by atoms with Gasteiger partial charge in [-0.15, -0.1) is 0 Å². The number of nitrogens with one attached hydrogen (secondary N) is 1. The van der Waals surface area contributed by atoms with Crippen LogP contribution in [-0.4, -0.2) is 25.7 Å². The van der Waals surface area contributed by atoms with Crippen molar-refractivity contribution in [3.63, 3.8) is 0 Å². The third-order valence-corrected chi connectivity index (χ3v) is 1.80. The lowest BCUT2D eigenvalue weighted by Crippen LogP contribution is -2.40. The number of rotatable bonds is 3. The van der Waals surface area contributed by atoms with E-state index in [0.717, 1.165) is 19.8 Å². The number of ether oxygens (including phenoxy) is 1. The summed E-state index contributed by atoms with van der Waals surface area (Å²) in [5, 5.41) is 2.87. The van der Waals surface area contributed by atoms with E-state index in [9.17, 15) is 4.79 Å². The first-order valence-corrected chi connectivity index (χ1v) is 4.05. The Kier molecular flexibility index (Phi) is 2.88. The van der Waals surface area contributed by atoms with Crippen LogP contribution in [0.25, 0.3) is 0 Å². The molecular formula is C8H15NO2. The summed E-state index contributed by atoms with van der Waals surface area (Å²) in [6.07, 6.45) is 0. The molecule has 3 nitrogen and oxygen atoms in total. The van der Waals surface area contributed by atoms with E-state index in [-0.39, 0.29) is 11.8 Å². The van der Waals surface area contributed by atoms with Crippen molar-refractivity contribution in [2.75, 3.05) is 19.8 Å². The Hall–Kier alpha value is -0.570. The zero-order chi connectivity index (χ0) is 8.27. The highest BCUT2D eigenvalue weighted by atomic mass is 16.5. The van der Waals surface area contributed by atoms with E-state index in [2.05, 4.69) is 5.32 Å². The molecule has 1 saturated heterocycles. The second-order valence-corrected chi connectivity index (χ2v) is 3.30. The molecule has 1 fully saturated rings. The molecule has 0 spiro atoms. The monoisotopic (exact) mass is 157 g/mol. The smallest absolute Gasteiger partial charge is 0.222 e. The molecular weight excluding hydrogens is 142 g/mol. The van der Waals surface area contributed by atoms with E-state index in [1.54, 1.807) is 0 Å². The van der Waals surface area contributed by atoms with Gasteiger partial charge < -0.3 is 10.1 Å². The van der Waals surface area contributed by atoms with Gasteiger partial charge in [0.15, 0.2) is 0 Å². The van der Waals surface area contributed by atoms with E-state index in [1.807, 2.05) is 13.8 Å². The van der Waals surface area contributed by atoms with Gasteiger partial charge in [-0.2, -0.15) is 0 Å². The van der Waals surface area contributed by atoms with Gasteiger partial charge in [0, 0.05) is 18.4 Å². The molecule has 1 rings (SSSR count). The molecule has 0 bridgehead atoms. The van der Waals surface area contributed by atoms with E-state index in [4.69, 9.17) is 4.74 Å². The fourth-order valence-corrected chi connectivity index (χ4v) is 0.851. The van der Waals surface area contributed by atoms with Crippen LogP contribution in [0.4, 0.5) is 0 Å². The van der Waals surface area contributed by atoms with Crippen molar-refractivity contribution in [1.82, 2.24) is 5.32 Å². The molecule has 1 aliphatic rings. The van der Waals surface area contributed by atoms with Crippen LogP contribution in [0.2, 0.25) is 0 Å². The number of carbonyl (C=O) groups is 1. The van der Waals surface area contributed by atoms with Crippen LogP contribution in [0.3, 0.4) is 0 Å². The molecule has 64 valence electrons. The average molecular weight is 157 g/mol. The van der Waals surface area contributed by atoms with Crippen molar-refractivity contribution >= 4 is 5.91 Å². The van der Waals surface area contributed by atoms with Crippen molar-refractivity contribution < 1.29 is 9.53 Å². The van der Waals surface area contributed by atoms with Crippen molar-refractivity contribution in [3.05, 3.63) is 0 Å². The van der Waals surface area contributed by atoms with Crippen LogP contribution in [0.5, 0.6) is 0 Å². The number of hydrogen-bond acceptors (Lipinski definition) is 2. The summed E-state index contributed by atoms with van der Waals surface area (Å²) < 4.78 is 4.98. The summed E-state index contributed by atoms with van der Waals surface area (Å²) >= 11 is 0. The number of carbonyl (C=O) groups excluding carboxylic acids is 1. The first kappa shape index (κ1) is 8.53. The summed E-state index contributed by atoms with van der Waals surface area (Å²) in [4.78, 5) is 11.0. The Morgan fingerprint density at radius 3 is 2.64 bits per heavy atom. The minimum Gasteiger partial charge on any atom is -0.381 e. The quantitative estimate of drug-likeness (QED) is 0.644. The predicted octanol–water partition coefficient (Wildman–Crippen LogP) is 0.405. The second kappa shape index (κ2) is 3.72. The molecule has 11 heavy (non-hydrogen) atoms. The zero-order valence-electron chi connectivity index (χ0n) is 7.09. The molecule has 1 aliphatic heterocycles. The Labute approximate surface area is 67.1 Å². The average Bonchev–Trinajstić information content (AvgIpc) is 1.83. The Morgan fingerprint density at radius 1 is 1.64 bits per heavy atom. The number of amides is 1. The minimum absolute atomic E-state index is 0.0935. The van der Waals surface area contributed by atoms with Gasteiger partial charge in [0.05, 0.1) is 13.2 Å². The molecule has 3 heteroatoms. The molecule has 0 aliphatic carbocycles. The molecule has 0 aromatic rings. The topological polar surface area (TPSA) is 38.3 Å². The maximum Gasteiger partial charge on any atom is 0.222 e. The molecule has 1 N–H and O–H groups in total. The summed E-state index contributed by atoms with van der Waals surface area (Å²) in [6.45, 7) is 6.17. The molecule has 0 saturated carbocycles. The van der Waals surface area contributed by atoms with E-state index in [1.165, 1.54) is 0 Å². The van der Waals surface area contributed by atoms with E-state index < -0.39 is 0 Å². The highest BCUT2D eigenvalue weighted by Gasteiger charge is 2.19. The Bertz CT molecular complexity index is 141. The lowest BCUT2D eigenvalue weighted by Gasteiger charge is -2.26. The van der Waals surface area contributed by atoms with Gasteiger partial charge in [-0.1, -0.05) is 13.8 Å². The van der Waals surface area contributed by atoms with Gasteiger partial charge in [-0.3, -0.25) is 4.79 Å². The molecule has 1 amide bonds. The van der Waals surface area contributed by atoms with Crippen LogP contribution in [0.15, 0.2) is 0 Å². The fourth-order valence-electron chi connectivity index (χ4n) is 0.851. The second-order valence-electron chi connectivity index (χ2n) is 3.30.